The van der Waals surface area contributed by atoms with Crippen molar-refractivity contribution in [2.24, 2.45) is 0 Å². The van der Waals surface area contributed by atoms with Crippen LogP contribution in [0.5, 0.6) is 5.75 Å². The lowest BCUT2D eigenvalue weighted by molar-refractivity contribution is 0.0693. The van der Waals surface area contributed by atoms with Crippen LogP contribution >= 0.6 is 23.2 Å². The molecule has 0 radical (unpaired) electrons. The van der Waals surface area contributed by atoms with E-state index in [4.69, 9.17) is 33.0 Å². The summed E-state index contributed by atoms with van der Waals surface area (Å²) >= 11 is 11.6. The van der Waals surface area contributed by atoms with Crippen LogP contribution in [0.2, 0.25) is 0 Å². The van der Waals surface area contributed by atoms with E-state index in [1.54, 1.807) is 19.1 Å². The molecule has 134 valence electrons. The molecule has 2 amide bonds. The standard InChI is InChI=1S/C17H18Cl2N2O4/c1-10(18)4-5-12(8-11(2)19)20-17(24)21-13-6-7-14(16(22)23)15(9-13)25-3/h4-9,11H,1H2,2-3H3,(H,22,23)(H2,20,21,24)/b5-4-,12-8+. The monoisotopic (exact) mass is 384 g/mol. The molecule has 0 aliphatic carbocycles. The van der Waals surface area contributed by atoms with Crippen LogP contribution < -0.4 is 15.4 Å². The van der Waals surface area contributed by atoms with Crippen molar-refractivity contribution >= 4 is 40.9 Å². The number of carboxylic acids is 1. The first-order valence-corrected chi connectivity index (χ1v) is 7.92. The molecule has 0 fully saturated rings. The molecule has 0 aliphatic rings. The number of carbonyl (C=O) groups excluding carboxylic acids is 1. The van der Waals surface area contributed by atoms with Gasteiger partial charge in [-0.05, 0) is 37.3 Å². The molecule has 1 rings (SSSR count). The van der Waals surface area contributed by atoms with Gasteiger partial charge in [-0.2, -0.15) is 0 Å². The Morgan fingerprint density at radius 3 is 2.56 bits per heavy atom. The fourth-order valence-corrected chi connectivity index (χ4v) is 2.00. The number of methoxy groups -OCH3 is 1. The molecule has 1 unspecified atom stereocenters. The van der Waals surface area contributed by atoms with E-state index >= 15 is 0 Å². The third kappa shape index (κ3) is 7.32. The normalized spacial score (nSPS) is 12.6. The highest BCUT2D eigenvalue weighted by molar-refractivity contribution is 6.30. The molecule has 0 aliphatic heterocycles. The highest BCUT2D eigenvalue weighted by Gasteiger charge is 2.12. The number of urea groups is 1. The Labute approximate surface area is 155 Å². The topological polar surface area (TPSA) is 87.7 Å². The van der Waals surface area contributed by atoms with Crippen LogP contribution in [0.25, 0.3) is 0 Å². The fourth-order valence-electron chi connectivity index (χ4n) is 1.81. The predicted octanol–water partition coefficient (Wildman–Crippen LogP) is 4.33. The average molecular weight is 385 g/mol. The number of anilines is 1. The largest absolute Gasteiger partial charge is 0.496 e. The first kappa shape index (κ1) is 20.6. The quantitative estimate of drug-likeness (QED) is 0.482. The third-order valence-electron chi connectivity index (χ3n) is 2.80. The number of ether oxygens (including phenoxy) is 1. The van der Waals surface area contributed by atoms with Gasteiger partial charge in [0, 0.05) is 22.5 Å². The van der Waals surface area contributed by atoms with Gasteiger partial charge in [0.2, 0.25) is 0 Å². The molecule has 0 heterocycles. The molecular weight excluding hydrogens is 367 g/mol. The van der Waals surface area contributed by atoms with Crippen LogP contribution in [0.4, 0.5) is 10.5 Å². The Morgan fingerprint density at radius 2 is 2.04 bits per heavy atom. The van der Waals surface area contributed by atoms with Gasteiger partial charge in [-0.25, -0.2) is 9.59 Å². The first-order valence-electron chi connectivity index (χ1n) is 7.10. The Bertz CT molecular complexity index is 727. The summed E-state index contributed by atoms with van der Waals surface area (Å²) in [5.41, 5.74) is 0.785. The molecular formula is C17H18Cl2N2O4. The number of carbonyl (C=O) groups is 2. The van der Waals surface area contributed by atoms with Crippen molar-refractivity contribution in [3.05, 3.63) is 59.3 Å². The number of amides is 2. The summed E-state index contributed by atoms with van der Waals surface area (Å²) in [5, 5.41) is 14.2. The second-order valence-corrected chi connectivity index (χ2v) is 6.05. The molecule has 1 aromatic carbocycles. The van der Waals surface area contributed by atoms with E-state index in [9.17, 15) is 9.59 Å². The van der Waals surface area contributed by atoms with E-state index in [-0.39, 0.29) is 16.7 Å². The van der Waals surface area contributed by atoms with Gasteiger partial charge < -0.3 is 20.5 Å². The number of nitrogens with one attached hydrogen (secondary N) is 2. The Kier molecular flexibility index (Phi) is 8.04. The average Bonchev–Trinajstić information content (AvgIpc) is 2.51. The predicted molar refractivity (Wildman–Crippen MR) is 99.6 cm³/mol. The highest BCUT2D eigenvalue weighted by Crippen LogP contribution is 2.23. The zero-order chi connectivity index (χ0) is 19.0. The van der Waals surface area contributed by atoms with Crippen LogP contribution in [0.1, 0.15) is 17.3 Å². The van der Waals surface area contributed by atoms with E-state index < -0.39 is 12.0 Å². The van der Waals surface area contributed by atoms with Gasteiger partial charge in [-0.1, -0.05) is 18.2 Å². The Balaban J connectivity index is 2.90. The number of rotatable bonds is 7. The Hall–Kier alpha value is -2.44. The summed E-state index contributed by atoms with van der Waals surface area (Å²) in [6.45, 7) is 5.26. The fraction of sp³-hybridized carbons (Fsp3) is 0.176. The molecule has 0 spiro atoms. The van der Waals surface area contributed by atoms with Gasteiger partial charge in [0.25, 0.3) is 0 Å². The van der Waals surface area contributed by atoms with E-state index in [2.05, 4.69) is 17.2 Å². The molecule has 1 atom stereocenters. The second kappa shape index (κ2) is 9.76. The highest BCUT2D eigenvalue weighted by atomic mass is 35.5. The number of aromatic carboxylic acids is 1. The van der Waals surface area contributed by atoms with Gasteiger partial charge in [0.05, 0.1) is 12.5 Å². The summed E-state index contributed by atoms with van der Waals surface area (Å²) in [4.78, 5) is 23.2. The van der Waals surface area contributed by atoms with Crippen molar-refractivity contribution in [1.82, 2.24) is 5.32 Å². The van der Waals surface area contributed by atoms with Crippen molar-refractivity contribution in [3.63, 3.8) is 0 Å². The molecule has 8 heteroatoms. The van der Waals surface area contributed by atoms with E-state index in [0.717, 1.165) is 0 Å². The minimum Gasteiger partial charge on any atom is -0.496 e. The first-order chi connectivity index (χ1) is 11.7. The smallest absolute Gasteiger partial charge is 0.339 e. The van der Waals surface area contributed by atoms with Crippen molar-refractivity contribution in [2.75, 3.05) is 12.4 Å². The van der Waals surface area contributed by atoms with Crippen molar-refractivity contribution in [2.45, 2.75) is 12.3 Å². The van der Waals surface area contributed by atoms with E-state index in [1.807, 2.05) is 0 Å². The zero-order valence-corrected chi connectivity index (χ0v) is 15.2. The van der Waals surface area contributed by atoms with Crippen LogP contribution in [-0.4, -0.2) is 29.6 Å². The van der Waals surface area contributed by atoms with Gasteiger partial charge in [0.1, 0.15) is 11.3 Å². The SMILES string of the molecule is C=C(Cl)/C=C\C(=C/C(C)Cl)NC(=O)Nc1ccc(C(=O)O)c(OC)c1. The molecule has 3 N–H and O–H groups in total. The second-order valence-electron chi connectivity index (χ2n) is 4.88. The maximum Gasteiger partial charge on any atom is 0.339 e. The number of halogens is 2. The van der Waals surface area contributed by atoms with Crippen LogP contribution in [0, 0.1) is 0 Å². The van der Waals surface area contributed by atoms with E-state index in [1.165, 1.54) is 31.4 Å². The molecule has 25 heavy (non-hydrogen) atoms. The van der Waals surface area contributed by atoms with Crippen LogP contribution in [0.15, 0.2) is 53.7 Å². The number of carboxylic acid groups (broad SMARTS) is 1. The van der Waals surface area contributed by atoms with Gasteiger partial charge in [-0.15, -0.1) is 11.6 Å². The molecule has 0 saturated heterocycles. The maximum atomic E-state index is 12.1. The summed E-state index contributed by atoms with van der Waals surface area (Å²) < 4.78 is 5.01. The van der Waals surface area contributed by atoms with Gasteiger partial charge >= 0.3 is 12.0 Å². The number of benzene rings is 1. The summed E-state index contributed by atoms with van der Waals surface area (Å²) in [5.74, 6) is -0.991. The summed E-state index contributed by atoms with van der Waals surface area (Å²) in [6.07, 6.45) is 4.69. The summed E-state index contributed by atoms with van der Waals surface area (Å²) in [6, 6.07) is 3.66. The molecule has 0 aromatic heterocycles. The third-order valence-corrected chi connectivity index (χ3v) is 3.05. The van der Waals surface area contributed by atoms with Crippen LogP contribution in [0.3, 0.4) is 0 Å². The molecule has 0 bridgehead atoms. The number of hydrogen-bond acceptors (Lipinski definition) is 3. The van der Waals surface area contributed by atoms with Crippen molar-refractivity contribution in [3.8, 4) is 5.75 Å². The number of hydrogen-bond donors (Lipinski definition) is 3. The molecule has 0 saturated carbocycles. The zero-order valence-electron chi connectivity index (χ0n) is 13.7. The molecule has 6 nitrogen and oxygen atoms in total. The number of alkyl halides is 1. The molecule has 1 aromatic rings. The Morgan fingerprint density at radius 1 is 1.36 bits per heavy atom. The minimum atomic E-state index is -1.12. The van der Waals surface area contributed by atoms with Crippen molar-refractivity contribution in [1.29, 1.82) is 0 Å². The van der Waals surface area contributed by atoms with Crippen LogP contribution in [-0.2, 0) is 0 Å². The lowest BCUT2D eigenvalue weighted by atomic mass is 10.2. The van der Waals surface area contributed by atoms with Gasteiger partial charge in [0.15, 0.2) is 0 Å². The summed E-state index contributed by atoms with van der Waals surface area (Å²) in [7, 11) is 1.35. The maximum absolute atomic E-state index is 12.1. The lowest BCUT2D eigenvalue weighted by Crippen LogP contribution is -2.28. The van der Waals surface area contributed by atoms with Gasteiger partial charge in [-0.3, -0.25) is 0 Å². The van der Waals surface area contributed by atoms with Crippen molar-refractivity contribution < 1.29 is 19.4 Å². The number of allylic oxidation sites excluding steroid dienone is 4. The lowest BCUT2D eigenvalue weighted by Gasteiger charge is -2.11. The minimum absolute atomic E-state index is 0.00596. The van der Waals surface area contributed by atoms with E-state index in [0.29, 0.717) is 16.4 Å².